The highest BCUT2D eigenvalue weighted by molar-refractivity contribution is 6.32. The summed E-state index contributed by atoms with van der Waals surface area (Å²) in [6, 6.07) is 6.67. The fourth-order valence-electron chi connectivity index (χ4n) is 2.65. The average Bonchev–Trinajstić information content (AvgIpc) is 3.30. The Morgan fingerprint density at radius 2 is 2.03 bits per heavy atom. The summed E-state index contributed by atoms with van der Waals surface area (Å²) in [7, 11) is 1.21. The van der Waals surface area contributed by atoms with Crippen LogP contribution in [0.2, 0.25) is 5.02 Å². The largest absolute Gasteiger partial charge is 0.479 e. The van der Waals surface area contributed by atoms with E-state index in [1.807, 2.05) is 0 Å². The molecule has 1 aliphatic heterocycles. The molecule has 162 valence electrons. The highest BCUT2D eigenvalue weighted by atomic mass is 35.5. The summed E-state index contributed by atoms with van der Waals surface area (Å²) in [5.74, 6) is -2.07. The lowest BCUT2D eigenvalue weighted by Crippen LogP contribution is -2.30. The van der Waals surface area contributed by atoms with Crippen LogP contribution >= 0.6 is 11.6 Å². The van der Waals surface area contributed by atoms with Crippen molar-refractivity contribution in [3.05, 3.63) is 58.1 Å². The summed E-state index contributed by atoms with van der Waals surface area (Å²) < 4.78 is 15.1. The molecule has 1 fully saturated rings. The van der Waals surface area contributed by atoms with Gasteiger partial charge in [0.2, 0.25) is 5.76 Å². The van der Waals surface area contributed by atoms with Crippen molar-refractivity contribution < 1.29 is 38.2 Å². The number of esters is 1. The van der Waals surface area contributed by atoms with Crippen molar-refractivity contribution >= 4 is 41.6 Å². The van der Waals surface area contributed by atoms with Gasteiger partial charge in [-0.3, -0.25) is 9.69 Å². The fraction of sp³-hybridized carbons (Fsp3) is 0.200. The van der Waals surface area contributed by atoms with Crippen LogP contribution in [0.15, 0.2) is 40.4 Å². The number of nitrogens with zero attached hydrogens (tertiary/aromatic N) is 1. The van der Waals surface area contributed by atoms with Crippen LogP contribution < -0.4 is 10.1 Å². The molecule has 2 N–H and O–H groups in total. The van der Waals surface area contributed by atoms with E-state index in [1.54, 1.807) is 6.07 Å². The monoisotopic (exact) mass is 448 g/mol. The van der Waals surface area contributed by atoms with Gasteiger partial charge in [-0.25, -0.2) is 14.4 Å². The molecule has 0 unspecified atom stereocenters. The van der Waals surface area contributed by atoms with Gasteiger partial charge in [-0.15, -0.1) is 0 Å². The third-order valence-electron chi connectivity index (χ3n) is 4.24. The molecule has 10 nitrogen and oxygen atoms in total. The molecule has 0 radical (unpaired) electrons. The molecule has 0 bridgehead atoms. The van der Waals surface area contributed by atoms with Crippen LogP contribution in [0, 0.1) is 0 Å². The zero-order valence-electron chi connectivity index (χ0n) is 16.4. The number of nitrogens with one attached hydrogen (secondary N) is 1. The minimum Gasteiger partial charge on any atom is -0.479 e. The molecule has 31 heavy (non-hydrogen) atoms. The Kier molecular flexibility index (Phi) is 6.30. The minimum atomic E-state index is -1.14. The number of carbonyl (C=O) groups is 4. The molecule has 1 atom stereocenters. The first-order chi connectivity index (χ1) is 14.7. The molecule has 1 saturated heterocycles. The van der Waals surface area contributed by atoms with E-state index in [0.717, 1.165) is 4.90 Å². The summed E-state index contributed by atoms with van der Waals surface area (Å²) >= 11 is 6.12. The fourth-order valence-corrected chi connectivity index (χ4v) is 2.89. The summed E-state index contributed by atoms with van der Waals surface area (Å²) in [5.41, 5.74) is 0.491. The molecular formula is C20H17ClN2O8. The first-order valence-corrected chi connectivity index (χ1v) is 9.28. The number of aliphatic carboxylic acids is 1. The van der Waals surface area contributed by atoms with Crippen LogP contribution in [0.4, 0.5) is 4.79 Å². The molecule has 3 amide bonds. The highest BCUT2D eigenvalue weighted by Gasteiger charge is 2.34. The molecule has 1 aliphatic rings. The maximum Gasteiger partial charge on any atom is 0.373 e. The van der Waals surface area contributed by atoms with E-state index in [-0.39, 0.29) is 34.5 Å². The predicted octanol–water partition coefficient (Wildman–Crippen LogP) is 2.66. The van der Waals surface area contributed by atoms with E-state index < -0.39 is 30.0 Å². The number of imide groups is 1. The number of furan rings is 1. The lowest BCUT2D eigenvalue weighted by Gasteiger charge is -2.12. The summed E-state index contributed by atoms with van der Waals surface area (Å²) in [4.78, 5) is 48.1. The van der Waals surface area contributed by atoms with Gasteiger partial charge in [0.05, 0.1) is 18.7 Å². The number of urea groups is 1. The number of hydrogen-bond donors (Lipinski definition) is 2. The average molecular weight is 449 g/mol. The summed E-state index contributed by atoms with van der Waals surface area (Å²) in [6.45, 7) is 1.18. The van der Waals surface area contributed by atoms with Gasteiger partial charge in [-0.1, -0.05) is 17.7 Å². The number of carbonyl (C=O) groups excluding carboxylic acids is 3. The van der Waals surface area contributed by atoms with Crippen molar-refractivity contribution in [3.8, 4) is 5.75 Å². The third kappa shape index (κ3) is 4.86. The number of halogens is 1. The van der Waals surface area contributed by atoms with Crippen LogP contribution in [0.1, 0.15) is 28.8 Å². The first-order valence-electron chi connectivity index (χ1n) is 8.90. The SMILES string of the molecule is COC(=O)c1ccc(CN2C(=O)N/C(=C\c3ccc(O[C@@H](C)C(=O)O)c(Cl)c3)C2=O)o1. The highest BCUT2D eigenvalue weighted by Crippen LogP contribution is 2.28. The van der Waals surface area contributed by atoms with Gasteiger partial charge in [-0.05, 0) is 42.8 Å². The molecule has 0 aliphatic carbocycles. The van der Waals surface area contributed by atoms with E-state index in [9.17, 15) is 19.2 Å². The summed E-state index contributed by atoms with van der Waals surface area (Å²) in [6.07, 6.45) is 0.325. The predicted molar refractivity (Wildman–Crippen MR) is 106 cm³/mol. The molecular weight excluding hydrogens is 432 g/mol. The maximum absolute atomic E-state index is 12.6. The number of rotatable bonds is 7. The van der Waals surface area contributed by atoms with E-state index in [2.05, 4.69) is 10.1 Å². The molecule has 0 saturated carbocycles. The van der Waals surface area contributed by atoms with Gasteiger partial charge in [0.1, 0.15) is 17.2 Å². The van der Waals surface area contributed by atoms with Gasteiger partial charge in [0.25, 0.3) is 5.91 Å². The van der Waals surface area contributed by atoms with E-state index in [0.29, 0.717) is 5.56 Å². The first kappa shape index (κ1) is 21.9. The van der Waals surface area contributed by atoms with Crippen LogP contribution in [-0.2, 0) is 20.9 Å². The number of hydrogen-bond acceptors (Lipinski definition) is 7. The van der Waals surface area contributed by atoms with Gasteiger partial charge in [-0.2, -0.15) is 0 Å². The van der Waals surface area contributed by atoms with Crippen molar-refractivity contribution in [1.29, 1.82) is 0 Å². The molecule has 3 rings (SSSR count). The zero-order valence-corrected chi connectivity index (χ0v) is 17.1. The normalized spacial score (nSPS) is 15.7. The van der Waals surface area contributed by atoms with E-state index in [4.69, 9.17) is 25.9 Å². The topological polar surface area (TPSA) is 135 Å². The number of amides is 3. The second-order valence-corrected chi connectivity index (χ2v) is 6.83. The number of carboxylic acids is 1. The summed E-state index contributed by atoms with van der Waals surface area (Å²) in [5, 5.41) is 11.5. The molecule has 1 aromatic carbocycles. The van der Waals surface area contributed by atoms with Crippen molar-refractivity contribution in [2.75, 3.05) is 7.11 Å². The molecule has 11 heteroatoms. The van der Waals surface area contributed by atoms with Crippen molar-refractivity contribution in [1.82, 2.24) is 10.2 Å². The molecule has 2 aromatic rings. The van der Waals surface area contributed by atoms with Crippen LogP contribution in [0.25, 0.3) is 6.08 Å². The molecule has 2 heterocycles. The van der Waals surface area contributed by atoms with Crippen LogP contribution in [0.5, 0.6) is 5.75 Å². The van der Waals surface area contributed by atoms with Gasteiger partial charge >= 0.3 is 18.0 Å². The van der Waals surface area contributed by atoms with Crippen molar-refractivity contribution in [2.45, 2.75) is 19.6 Å². The number of benzene rings is 1. The second-order valence-electron chi connectivity index (χ2n) is 6.43. The zero-order chi connectivity index (χ0) is 22.7. The number of carboxylic acid groups (broad SMARTS) is 1. The molecule has 1 aromatic heterocycles. The second kappa shape index (κ2) is 8.92. The van der Waals surface area contributed by atoms with Crippen LogP contribution in [0.3, 0.4) is 0 Å². The standard InChI is InChI=1S/C20H17ClN2O8/c1-10(18(25)26)30-15-5-3-11(7-13(15)21)8-14-17(24)23(20(28)22-14)9-12-4-6-16(31-12)19(27)29-2/h3-8,10H,9H2,1-2H3,(H,22,28)(H,25,26)/b14-8-/t10-/m0/s1. The van der Waals surface area contributed by atoms with Crippen molar-refractivity contribution in [3.63, 3.8) is 0 Å². The van der Waals surface area contributed by atoms with Crippen LogP contribution in [-0.4, -0.2) is 47.1 Å². The number of ether oxygens (including phenoxy) is 2. The Morgan fingerprint density at radius 3 is 2.68 bits per heavy atom. The quantitative estimate of drug-likeness (QED) is 0.375. The van der Waals surface area contributed by atoms with Gasteiger partial charge in [0, 0.05) is 0 Å². The Bertz CT molecular complexity index is 1090. The van der Waals surface area contributed by atoms with Gasteiger partial charge < -0.3 is 24.3 Å². The third-order valence-corrected chi connectivity index (χ3v) is 4.54. The Labute approximate surface area is 181 Å². The van der Waals surface area contributed by atoms with Gasteiger partial charge in [0.15, 0.2) is 6.10 Å². The van der Waals surface area contributed by atoms with E-state index >= 15 is 0 Å². The van der Waals surface area contributed by atoms with Crippen molar-refractivity contribution in [2.24, 2.45) is 0 Å². The van der Waals surface area contributed by atoms with E-state index in [1.165, 1.54) is 44.4 Å². The Morgan fingerprint density at radius 1 is 1.29 bits per heavy atom. The lowest BCUT2D eigenvalue weighted by molar-refractivity contribution is -0.144. The lowest BCUT2D eigenvalue weighted by atomic mass is 10.2. The smallest absolute Gasteiger partial charge is 0.373 e. The minimum absolute atomic E-state index is 0.00777. The Balaban J connectivity index is 1.74. The molecule has 0 spiro atoms. The Hall–Kier alpha value is -3.79. The number of methoxy groups -OCH3 is 1. The maximum atomic E-state index is 12.6.